The van der Waals surface area contributed by atoms with Gasteiger partial charge in [-0.1, -0.05) is 132 Å². The molecule has 0 aromatic rings. The molecule has 0 N–H and O–H groups in total. The van der Waals surface area contributed by atoms with Gasteiger partial charge < -0.3 is 0 Å². The molecule has 0 aliphatic carbocycles. The molecule has 0 aliphatic rings. The number of allylic oxidation sites excluding steroid dienone is 8. The van der Waals surface area contributed by atoms with Gasteiger partial charge >= 0.3 is 0 Å². The molecule has 0 spiro atoms. The van der Waals surface area contributed by atoms with Gasteiger partial charge in [-0.3, -0.25) is 0 Å². The number of hydrogen-bond donors (Lipinski definition) is 0. The molecule has 0 radical (unpaired) electrons. The van der Waals surface area contributed by atoms with Gasteiger partial charge in [0.15, 0.2) is 0 Å². The summed E-state index contributed by atoms with van der Waals surface area (Å²) in [6.07, 6.45) is 12.3. The zero-order valence-electron chi connectivity index (χ0n) is 23.6. The lowest BCUT2D eigenvalue weighted by molar-refractivity contribution is 0.916. The first kappa shape index (κ1) is 50.8. The van der Waals surface area contributed by atoms with E-state index in [0.717, 1.165) is 12.0 Å². The molecule has 0 aromatic carbocycles. The van der Waals surface area contributed by atoms with Gasteiger partial charge in [0.25, 0.3) is 0 Å². The van der Waals surface area contributed by atoms with Crippen LogP contribution in [0.5, 0.6) is 0 Å². The minimum absolute atomic E-state index is 1.11. The SMILES string of the molecule is C/C=C\C.C=C.C=C/C(C)=C\C(=C)/C(=C/C)CCC.CC.CC.CC.CC.CC. The molecule has 0 nitrogen and oxygen atoms in total. The summed E-state index contributed by atoms with van der Waals surface area (Å²) in [6, 6.07) is 0. The topological polar surface area (TPSA) is 0 Å². The molecular formula is C29H62. The highest BCUT2D eigenvalue weighted by molar-refractivity contribution is 5.40. The van der Waals surface area contributed by atoms with Gasteiger partial charge in [-0.05, 0) is 45.3 Å². The van der Waals surface area contributed by atoms with Crippen molar-refractivity contribution in [3.8, 4) is 0 Å². The molecule has 0 heterocycles. The zero-order valence-corrected chi connectivity index (χ0v) is 23.6. The van der Waals surface area contributed by atoms with E-state index in [9.17, 15) is 0 Å². The average molecular weight is 411 g/mol. The summed E-state index contributed by atoms with van der Waals surface area (Å²) in [5.41, 5.74) is 3.62. The van der Waals surface area contributed by atoms with E-state index in [2.05, 4.69) is 52.3 Å². The third kappa shape index (κ3) is 75.7. The molecule has 0 bridgehead atoms. The molecule has 0 unspecified atom stereocenters. The predicted molar refractivity (Wildman–Crippen MR) is 150 cm³/mol. The quantitative estimate of drug-likeness (QED) is 0.312. The molecule has 0 fully saturated rings. The number of rotatable bonds is 5. The summed E-state index contributed by atoms with van der Waals surface area (Å²) in [4.78, 5) is 0. The summed E-state index contributed by atoms with van der Waals surface area (Å²) < 4.78 is 0. The first-order chi connectivity index (χ1) is 14.1. The first-order valence-electron chi connectivity index (χ1n) is 11.8. The molecule has 29 heavy (non-hydrogen) atoms. The highest BCUT2D eigenvalue weighted by atomic mass is 14.0. The van der Waals surface area contributed by atoms with Crippen LogP contribution in [-0.2, 0) is 0 Å². The van der Waals surface area contributed by atoms with Gasteiger partial charge in [0.05, 0.1) is 0 Å². The van der Waals surface area contributed by atoms with Crippen molar-refractivity contribution in [2.45, 2.75) is 117 Å². The fourth-order valence-corrected chi connectivity index (χ4v) is 1.19. The molecule has 0 heteroatoms. The average Bonchev–Trinajstić information content (AvgIpc) is 2.85. The fraction of sp³-hybridized carbons (Fsp3) is 0.586. The second-order valence-electron chi connectivity index (χ2n) is 3.85. The van der Waals surface area contributed by atoms with Crippen LogP contribution in [0, 0.1) is 0 Å². The van der Waals surface area contributed by atoms with Crippen LogP contribution in [0.25, 0.3) is 0 Å². The normalized spacial score (nSPS) is 8.24. The Kier molecular flexibility index (Phi) is 144. The van der Waals surface area contributed by atoms with E-state index in [1.807, 2.05) is 108 Å². The van der Waals surface area contributed by atoms with Crippen LogP contribution in [0.15, 0.2) is 73.4 Å². The molecule has 0 rings (SSSR count). The van der Waals surface area contributed by atoms with E-state index in [1.165, 1.54) is 17.6 Å². The Morgan fingerprint density at radius 1 is 0.724 bits per heavy atom. The summed E-state index contributed by atoms with van der Waals surface area (Å²) in [5.74, 6) is 0. The van der Waals surface area contributed by atoms with Gasteiger partial charge in [0.1, 0.15) is 0 Å². The van der Waals surface area contributed by atoms with Gasteiger partial charge in [-0.2, -0.15) is 0 Å². The Morgan fingerprint density at radius 2 is 1.03 bits per heavy atom. The van der Waals surface area contributed by atoms with E-state index in [-0.39, 0.29) is 0 Å². The Labute approximate surface area is 190 Å². The maximum Gasteiger partial charge on any atom is -0.0279 e. The van der Waals surface area contributed by atoms with Crippen molar-refractivity contribution in [3.63, 3.8) is 0 Å². The lowest BCUT2D eigenvalue weighted by Gasteiger charge is -2.05. The Balaban J connectivity index is -0.0000000382. The molecule has 0 atom stereocenters. The maximum absolute atomic E-state index is 4.04. The fourth-order valence-electron chi connectivity index (χ4n) is 1.19. The van der Waals surface area contributed by atoms with Crippen LogP contribution < -0.4 is 0 Å². The maximum atomic E-state index is 4.04. The third-order valence-electron chi connectivity index (χ3n) is 2.34. The first-order valence-corrected chi connectivity index (χ1v) is 11.8. The summed E-state index contributed by atoms with van der Waals surface area (Å²) in [6.45, 7) is 44.0. The van der Waals surface area contributed by atoms with Gasteiger partial charge in [-0.25, -0.2) is 0 Å². The van der Waals surface area contributed by atoms with Crippen molar-refractivity contribution in [1.82, 2.24) is 0 Å². The van der Waals surface area contributed by atoms with E-state index < -0.39 is 0 Å². The molecule has 0 amide bonds. The molecule has 178 valence electrons. The van der Waals surface area contributed by atoms with E-state index >= 15 is 0 Å². The highest BCUT2D eigenvalue weighted by Gasteiger charge is 1.97. The monoisotopic (exact) mass is 410 g/mol. The second kappa shape index (κ2) is 82.1. The molecule has 0 aromatic heterocycles. The largest absolute Gasteiger partial charge is 0.106 e. The lowest BCUT2D eigenvalue weighted by Crippen LogP contribution is -1.85. The van der Waals surface area contributed by atoms with E-state index in [1.54, 1.807) is 0 Å². The standard InChI is InChI=1S/C13H20.C4H8.5C2H6.C2H4/c1-6-9-13(8-3)12(5)10-11(4)7-2;1-3-4-2;6*1-2/h7-8,10H,2,5-6,9H2,1,3-4H3;3-4H,1-2H3;5*1-2H3;1-2H2/b11-10-,13-8+;4-3-;;;;;;. The minimum Gasteiger partial charge on any atom is -0.106 e. The van der Waals surface area contributed by atoms with Crippen molar-refractivity contribution < 1.29 is 0 Å². The summed E-state index contributed by atoms with van der Waals surface area (Å²) in [7, 11) is 0. The van der Waals surface area contributed by atoms with Crippen molar-refractivity contribution in [3.05, 3.63) is 73.4 Å². The Hall–Kier alpha value is -1.56. The smallest absolute Gasteiger partial charge is 0.0279 e. The van der Waals surface area contributed by atoms with E-state index in [0.29, 0.717) is 0 Å². The van der Waals surface area contributed by atoms with Crippen molar-refractivity contribution in [2.24, 2.45) is 0 Å². The Bertz CT molecular complexity index is 307. The summed E-state index contributed by atoms with van der Waals surface area (Å²) in [5, 5.41) is 0. The Morgan fingerprint density at radius 3 is 1.21 bits per heavy atom. The van der Waals surface area contributed by atoms with E-state index in [4.69, 9.17) is 0 Å². The second-order valence-corrected chi connectivity index (χ2v) is 3.85. The predicted octanol–water partition coefficient (Wildman–Crippen LogP) is 11.9. The van der Waals surface area contributed by atoms with Gasteiger partial charge in [-0.15, -0.1) is 13.2 Å². The van der Waals surface area contributed by atoms with Gasteiger partial charge in [0, 0.05) is 0 Å². The molecule has 0 saturated carbocycles. The number of hydrogen-bond acceptors (Lipinski definition) is 0. The van der Waals surface area contributed by atoms with Crippen LogP contribution in [-0.4, -0.2) is 0 Å². The molecular weight excluding hydrogens is 348 g/mol. The molecule has 0 aliphatic heterocycles. The highest BCUT2D eigenvalue weighted by Crippen LogP contribution is 2.16. The van der Waals surface area contributed by atoms with Crippen LogP contribution in [0.4, 0.5) is 0 Å². The van der Waals surface area contributed by atoms with Crippen LogP contribution >= 0.6 is 0 Å². The van der Waals surface area contributed by atoms with Crippen LogP contribution in [0.1, 0.15) is 117 Å². The molecule has 0 saturated heterocycles. The van der Waals surface area contributed by atoms with Crippen molar-refractivity contribution >= 4 is 0 Å². The van der Waals surface area contributed by atoms with Crippen molar-refractivity contribution in [1.29, 1.82) is 0 Å². The zero-order chi connectivity index (χ0) is 25.7. The van der Waals surface area contributed by atoms with Crippen LogP contribution in [0.3, 0.4) is 0 Å². The van der Waals surface area contributed by atoms with Crippen LogP contribution in [0.2, 0.25) is 0 Å². The van der Waals surface area contributed by atoms with Crippen molar-refractivity contribution in [2.75, 3.05) is 0 Å². The minimum atomic E-state index is 1.11. The lowest BCUT2D eigenvalue weighted by atomic mass is 10.0. The van der Waals surface area contributed by atoms with Gasteiger partial charge in [0.2, 0.25) is 0 Å². The summed E-state index contributed by atoms with van der Waals surface area (Å²) >= 11 is 0. The third-order valence-corrected chi connectivity index (χ3v) is 2.34.